The predicted octanol–water partition coefficient (Wildman–Crippen LogP) is 9.90. The second-order valence-electron chi connectivity index (χ2n) is 10.5. The summed E-state index contributed by atoms with van der Waals surface area (Å²) >= 11 is 0. The lowest BCUT2D eigenvalue weighted by molar-refractivity contribution is 0.661. The van der Waals surface area contributed by atoms with Crippen LogP contribution in [0.2, 0.25) is 0 Å². The summed E-state index contributed by atoms with van der Waals surface area (Å²) in [4.78, 5) is 0. The van der Waals surface area contributed by atoms with Gasteiger partial charge in [-0.25, -0.2) is 0 Å². The number of benzene rings is 5. The quantitative estimate of drug-likeness (QED) is 0.224. The van der Waals surface area contributed by atoms with Gasteiger partial charge >= 0.3 is 0 Å². The van der Waals surface area contributed by atoms with Crippen LogP contribution >= 0.6 is 0 Å². The second kappa shape index (κ2) is 7.82. The normalized spacial score (nSPS) is 15.0. The average molecular weight is 476 g/mol. The largest absolute Gasteiger partial charge is 0.309 e. The summed E-state index contributed by atoms with van der Waals surface area (Å²) in [5, 5.41) is 7.87. The van der Waals surface area contributed by atoms with E-state index in [-0.39, 0.29) is 5.41 Å². The van der Waals surface area contributed by atoms with Gasteiger partial charge in [0.15, 0.2) is 0 Å². The molecule has 0 saturated carbocycles. The molecular formula is C36H29N. The Kier molecular flexibility index (Phi) is 4.62. The number of aromatic nitrogens is 1. The molecule has 1 aliphatic carbocycles. The molecule has 1 aromatic heterocycles. The van der Waals surface area contributed by atoms with Crippen LogP contribution in [0, 0.1) is 0 Å². The lowest BCUT2D eigenvalue weighted by Crippen LogP contribution is -2.17. The molecule has 0 saturated heterocycles. The molecule has 0 radical (unpaired) electrons. The highest BCUT2D eigenvalue weighted by atomic mass is 15.0. The molecule has 0 aliphatic heterocycles. The third-order valence-corrected chi connectivity index (χ3v) is 8.23. The van der Waals surface area contributed by atoms with Crippen molar-refractivity contribution in [1.29, 1.82) is 0 Å². The number of hydrogen-bond acceptors (Lipinski definition) is 0. The maximum absolute atomic E-state index is 4.25. The molecule has 178 valence electrons. The third kappa shape index (κ3) is 2.80. The average Bonchev–Trinajstić information content (AvgIpc) is 3.38. The van der Waals surface area contributed by atoms with Crippen molar-refractivity contribution in [2.75, 3.05) is 0 Å². The van der Waals surface area contributed by atoms with Crippen LogP contribution in [0.5, 0.6) is 0 Å². The monoisotopic (exact) mass is 475 g/mol. The molecule has 1 heteroatoms. The molecule has 1 heterocycles. The molecule has 0 fully saturated rings. The highest BCUT2D eigenvalue weighted by Crippen LogP contribution is 2.53. The summed E-state index contributed by atoms with van der Waals surface area (Å²) < 4.78 is 2.48. The van der Waals surface area contributed by atoms with Gasteiger partial charge in [-0.1, -0.05) is 111 Å². The van der Waals surface area contributed by atoms with Crippen molar-refractivity contribution in [2.45, 2.75) is 26.2 Å². The van der Waals surface area contributed by atoms with E-state index in [0.29, 0.717) is 0 Å². The minimum Gasteiger partial charge on any atom is -0.309 e. The van der Waals surface area contributed by atoms with E-state index in [1.165, 1.54) is 71.3 Å². The molecule has 0 spiro atoms. The zero-order valence-electron chi connectivity index (χ0n) is 21.5. The van der Waals surface area contributed by atoms with Gasteiger partial charge in [-0.2, -0.15) is 0 Å². The highest BCUT2D eigenvalue weighted by Gasteiger charge is 2.38. The van der Waals surface area contributed by atoms with Crippen LogP contribution in [0.3, 0.4) is 0 Å². The highest BCUT2D eigenvalue weighted by molar-refractivity contribution is 6.33. The molecular weight excluding hydrogens is 446 g/mol. The summed E-state index contributed by atoms with van der Waals surface area (Å²) in [5.41, 5.74) is 8.80. The zero-order valence-corrected chi connectivity index (χ0v) is 21.5. The lowest BCUT2D eigenvalue weighted by Gasteiger charge is -2.26. The van der Waals surface area contributed by atoms with E-state index < -0.39 is 0 Å². The van der Waals surface area contributed by atoms with Crippen LogP contribution in [0.4, 0.5) is 0 Å². The van der Waals surface area contributed by atoms with Crippen molar-refractivity contribution >= 4 is 48.9 Å². The van der Waals surface area contributed by atoms with Crippen LogP contribution in [0.25, 0.3) is 54.6 Å². The van der Waals surface area contributed by atoms with E-state index in [1.807, 2.05) is 0 Å². The molecule has 0 unspecified atom stereocenters. The van der Waals surface area contributed by atoms with Gasteiger partial charge in [-0.3, -0.25) is 0 Å². The van der Waals surface area contributed by atoms with Crippen LogP contribution in [0.1, 0.15) is 31.9 Å². The number of nitrogens with zero attached hydrogens (tertiary/aromatic N) is 1. The minimum atomic E-state index is -0.182. The van der Waals surface area contributed by atoms with Gasteiger partial charge in [0.25, 0.3) is 0 Å². The Hall–Kier alpha value is -4.36. The van der Waals surface area contributed by atoms with E-state index >= 15 is 0 Å². The number of hydrogen-bond donors (Lipinski definition) is 0. The number of para-hydroxylation sites is 2. The molecule has 1 aliphatic rings. The molecule has 6 aromatic rings. The minimum absolute atomic E-state index is 0.182. The fourth-order valence-corrected chi connectivity index (χ4v) is 6.80. The van der Waals surface area contributed by atoms with Crippen molar-refractivity contribution < 1.29 is 0 Å². The van der Waals surface area contributed by atoms with Crippen molar-refractivity contribution in [3.05, 3.63) is 133 Å². The van der Waals surface area contributed by atoms with E-state index in [4.69, 9.17) is 0 Å². The first kappa shape index (κ1) is 21.9. The van der Waals surface area contributed by atoms with Crippen molar-refractivity contribution in [2.24, 2.45) is 0 Å². The Morgan fingerprint density at radius 3 is 2.08 bits per heavy atom. The standard InChI is InChI=1S/C36H29N/c1-5-14-25-28-22-21-27-24-17-10-11-18-26(24)32-29-19-12-13-20-31(29)37(23-15-8-7-9-16-23)35(32)33(27)34(28)36(3,4)30(25)6-2/h5-22H,2H2,1,3-4H3/b14-5-. The molecule has 0 amide bonds. The molecule has 7 rings (SSSR count). The van der Waals surface area contributed by atoms with Crippen LogP contribution in [-0.4, -0.2) is 4.57 Å². The van der Waals surface area contributed by atoms with Gasteiger partial charge in [0, 0.05) is 27.3 Å². The molecule has 0 atom stereocenters. The van der Waals surface area contributed by atoms with Crippen LogP contribution in [0.15, 0.2) is 121 Å². The predicted molar refractivity (Wildman–Crippen MR) is 161 cm³/mol. The maximum atomic E-state index is 4.25. The summed E-state index contributed by atoms with van der Waals surface area (Å²) in [7, 11) is 0. The van der Waals surface area contributed by atoms with E-state index in [1.54, 1.807) is 0 Å². The van der Waals surface area contributed by atoms with Gasteiger partial charge < -0.3 is 4.57 Å². The summed E-state index contributed by atoms with van der Waals surface area (Å²) in [6.45, 7) is 11.1. The van der Waals surface area contributed by atoms with Gasteiger partial charge in [0.1, 0.15) is 0 Å². The van der Waals surface area contributed by atoms with Gasteiger partial charge in [0.05, 0.1) is 11.0 Å². The Morgan fingerprint density at radius 1 is 0.703 bits per heavy atom. The summed E-state index contributed by atoms with van der Waals surface area (Å²) in [6.07, 6.45) is 6.46. The molecule has 0 N–H and O–H groups in total. The van der Waals surface area contributed by atoms with Crippen molar-refractivity contribution in [3.63, 3.8) is 0 Å². The van der Waals surface area contributed by atoms with Gasteiger partial charge in [0.2, 0.25) is 0 Å². The number of fused-ring (bicyclic) bond motifs is 10. The Balaban J connectivity index is 1.84. The van der Waals surface area contributed by atoms with Gasteiger partial charge in [-0.05, 0) is 63.6 Å². The number of allylic oxidation sites excluding steroid dienone is 5. The molecule has 0 bridgehead atoms. The second-order valence-corrected chi connectivity index (χ2v) is 10.5. The summed E-state index contributed by atoms with van der Waals surface area (Å²) in [6, 6.07) is 33.2. The van der Waals surface area contributed by atoms with E-state index in [0.717, 1.165) is 0 Å². The van der Waals surface area contributed by atoms with Crippen LogP contribution < -0.4 is 0 Å². The van der Waals surface area contributed by atoms with Crippen molar-refractivity contribution in [1.82, 2.24) is 4.57 Å². The summed E-state index contributed by atoms with van der Waals surface area (Å²) in [5.74, 6) is 0. The fraction of sp³-hybridized carbons (Fsp3) is 0.111. The van der Waals surface area contributed by atoms with Crippen molar-refractivity contribution in [3.8, 4) is 5.69 Å². The topological polar surface area (TPSA) is 4.93 Å². The molecule has 1 nitrogen and oxygen atoms in total. The third-order valence-electron chi connectivity index (χ3n) is 8.23. The first-order valence-electron chi connectivity index (χ1n) is 13.0. The number of rotatable bonds is 3. The Bertz CT molecular complexity index is 1960. The lowest BCUT2D eigenvalue weighted by atomic mass is 9.78. The Labute approximate surface area is 217 Å². The molecule has 5 aromatic carbocycles. The van der Waals surface area contributed by atoms with Gasteiger partial charge in [-0.15, -0.1) is 0 Å². The smallest absolute Gasteiger partial charge is 0.0629 e. The van der Waals surface area contributed by atoms with E-state index in [9.17, 15) is 0 Å². The van der Waals surface area contributed by atoms with Crippen LogP contribution in [-0.2, 0) is 5.41 Å². The first-order valence-corrected chi connectivity index (χ1v) is 13.0. The maximum Gasteiger partial charge on any atom is 0.0629 e. The molecule has 37 heavy (non-hydrogen) atoms. The SMILES string of the molecule is C=CC1=C(/C=C\C)c2ccc3c4ccccc4c4c5ccccc5n(-c5ccccc5)c4c3c2C1(C)C. The fourth-order valence-electron chi connectivity index (χ4n) is 6.80. The Morgan fingerprint density at radius 2 is 1.35 bits per heavy atom. The zero-order chi connectivity index (χ0) is 25.3. The first-order chi connectivity index (χ1) is 18.1. The van der Waals surface area contributed by atoms with E-state index in [2.05, 4.69) is 141 Å².